The zero-order chi connectivity index (χ0) is 19.4. The fourth-order valence-electron chi connectivity index (χ4n) is 2.59. The molecule has 1 N–H and O–H groups in total. The Morgan fingerprint density at radius 2 is 1.89 bits per heavy atom. The molecular formula is C20H19ClN2O4. The van der Waals surface area contributed by atoms with Crippen molar-refractivity contribution in [3.63, 3.8) is 0 Å². The lowest BCUT2D eigenvalue weighted by atomic mass is 10.1. The van der Waals surface area contributed by atoms with Crippen molar-refractivity contribution in [2.75, 3.05) is 13.7 Å². The van der Waals surface area contributed by atoms with Crippen molar-refractivity contribution in [3.05, 3.63) is 64.3 Å². The number of carbonyl (C=O) groups excluding carboxylic acids is 2. The number of likely N-dealkylation sites (N-methyl/N-ethyl adjacent to an activating group) is 1. The van der Waals surface area contributed by atoms with Gasteiger partial charge in [-0.2, -0.15) is 0 Å². The van der Waals surface area contributed by atoms with Gasteiger partial charge in [0.1, 0.15) is 12.3 Å². The van der Waals surface area contributed by atoms with Gasteiger partial charge in [-0.05, 0) is 36.3 Å². The lowest BCUT2D eigenvalue weighted by Crippen LogP contribution is -2.25. The maximum Gasteiger partial charge on any atom is 0.328 e. The van der Waals surface area contributed by atoms with Crippen molar-refractivity contribution in [2.45, 2.75) is 13.5 Å². The highest BCUT2D eigenvalue weighted by molar-refractivity contribution is 6.32. The SMILES string of the molecule is CCOc1cc(/C=C2/NC(=O)N(C)C2=O)cc(Cl)c1OCc1ccccc1. The van der Waals surface area contributed by atoms with E-state index in [-0.39, 0.29) is 5.70 Å². The number of nitrogens with one attached hydrogen (secondary N) is 1. The fraction of sp³-hybridized carbons (Fsp3) is 0.200. The van der Waals surface area contributed by atoms with Gasteiger partial charge in [0.2, 0.25) is 0 Å². The topological polar surface area (TPSA) is 67.9 Å². The second kappa shape index (κ2) is 8.14. The molecule has 6 nitrogen and oxygen atoms in total. The van der Waals surface area contributed by atoms with Crippen molar-refractivity contribution < 1.29 is 19.1 Å². The monoisotopic (exact) mass is 386 g/mol. The minimum absolute atomic E-state index is 0.180. The Kier molecular flexibility index (Phi) is 5.66. The van der Waals surface area contributed by atoms with Crippen molar-refractivity contribution in [3.8, 4) is 11.5 Å². The van der Waals surface area contributed by atoms with Crippen molar-refractivity contribution >= 4 is 29.6 Å². The first-order chi connectivity index (χ1) is 13.0. The molecule has 0 aromatic heterocycles. The second-order valence-corrected chi connectivity index (χ2v) is 6.30. The Morgan fingerprint density at radius 1 is 1.15 bits per heavy atom. The van der Waals surface area contributed by atoms with Crippen LogP contribution in [0.1, 0.15) is 18.1 Å². The molecule has 0 spiro atoms. The Morgan fingerprint density at radius 3 is 2.52 bits per heavy atom. The molecule has 3 rings (SSSR count). The maximum absolute atomic E-state index is 12.0. The van der Waals surface area contributed by atoms with Gasteiger partial charge in [0.15, 0.2) is 11.5 Å². The summed E-state index contributed by atoms with van der Waals surface area (Å²) in [5.41, 5.74) is 1.80. The summed E-state index contributed by atoms with van der Waals surface area (Å²) >= 11 is 6.40. The van der Waals surface area contributed by atoms with Crippen LogP contribution in [0.5, 0.6) is 11.5 Å². The van der Waals surface area contributed by atoms with Crippen LogP contribution in [-0.4, -0.2) is 30.5 Å². The van der Waals surface area contributed by atoms with Crippen LogP contribution in [0.25, 0.3) is 6.08 Å². The molecule has 0 radical (unpaired) electrons. The van der Waals surface area contributed by atoms with Gasteiger partial charge in [0.05, 0.1) is 11.6 Å². The van der Waals surface area contributed by atoms with E-state index in [4.69, 9.17) is 21.1 Å². The number of nitrogens with zero attached hydrogens (tertiary/aromatic N) is 1. The highest BCUT2D eigenvalue weighted by atomic mass is 35.5. The molecule has 2 aromatic carbocycles. The third-order valence-electron chi connectivity index (χ3n) is 3.95. The molecular weight excluding hydrogens is 368 g/mol. The molecule has 140 valence electrons. The summed E-state index contributed by atoms with van der Waals surface area (Å²) in [4.78, 5) is 24.6. The van der Waals surface area contributed by atoms with E-state index < -0.39 is 11.9 Å². The van der Waals surface area contributed by atoms with E-state index >= 15 is 0 Å². The summed E-state index contributed by atoms with van der Waals surface area (Å²) in [6, 6.07) is 12.6. The summed E-state index contributed by atoms with van der Waals surface area (Å²) in [5, 5.41) is 2.87. The van der Waals surface area contributed by atoms with Crippen LogP contribution in [0.4, 0.5) is 4.79 Å². The average Bonchev–Trinajstić information content (AvgIpc) is 2.89. The van der Waals surface area contributed by atoms with Crippen molar-refractivity contribution in [1.29, 1.82) is 0 Å². The van der Waals surface area contributed by atoms with Crippen molar-refractivity contribution in [1.82, 2.24) is 10.2 Å². The first kappa shape index (κ1) is 18.8. The van der Waals surface area contributed by atoms with Gasteiger partial charge in [-0.15, -0.1) is 0 Å². The number of hydrogen-bond donors (Lipinski definition) is 1. The Balaban J connectivity index is 1.88. The lowest BCUT2D eigenvalue weighted by Gasteiger charge is -2.14. The fourth-order valence-corrected chi connectivity index (χ4v) is 2.87. The second-order valence-electron chi connectivity index (χ2n) is 5.89. The van der Waals surface area contributed by atoms with E-state index in [0.29, 0.717) is 35.3 Å². The number of ether oxygens (including phenoxy) is 2. The Labute approximate surface area is 162 Å². The molecule has 1 aliphatic heterocycles. The van der Waals surface area contributed by atoms with E-state index in [2.05, 4.69) is 5.32 Å². The normalized spacial score (nSPS) is 15.2. The van der Waals surface area contributed by atoms with Crippen LogP contribution >= 0.6 is 11.6 Å². The van der Waals surface area contributed by atoms with Crippen LogP contribution in [0.2, 0.25) is 5.02 Å². The molecule has 7 heteroatoms. The van der Waals surface area contributed by atoms with E-state index in [1.54, 1.807) is 18.2 Å². The Bertz CT molecular complexity index is 896. The third kappa shape index (κ3) is 4.23. The molecule has 1 aliphatic rings. The molecule has 1 heterocycles. The van der Waals surface area contributed by atoms with Gasteiger partial charge in [0, 0.05) is 7.05 Å². The lowest BCUT2D eigenvalue weighted by molar-refractivity contribution is -0.121. The molecule has 3 amide bonds. The van der Waals surface area contributed by atoms with Gasteiger partial charge < -0.3 is 14.8 Å². The van der Waals surface area contributed by atoms with Crippen LogP contribution in [0, 0.1) is 0 Å². The van der Waals surface area contributed by atoms with Gasteiger partial charge in [-0.3, -0.25) is 9.69 Å². The van der Waals surface area contributed by atoms with Gasteiger partial charge >= 0.3 is 6.03 Å². The number of amides is 3. The highest BCUT2D eigenvalue weighted by Gasteiger charge is 2.30. The molecule has 0 bridgehead atoms. The van der Waals surface area contributed by atoms with Crippen LogP contribution in [0.15, 0.2) is 48.2 Å². The molecule has 2 aromatic rings. The Hall–Kier alpha value is -2.99. The van der Waals surface area contributed by atoms with E-state index in [1.165, 1.54) is 7.05 Å². The summed E-state index contributed by atoms with van der Waals surface area (Å²) in [5.74, 6) is 0.500. The molecule has 1 fully saturated rings. The zero-order valence-corrected chi connectivity index (χ0v) is 15.7. The summed E-state index contributed by atoms with van der Waals surface area (Å²) in [6.07, 6.45) is 1.55. The molecule has 27 heavy (non-hydrogen) atoms. The van der Waals surface area contributed by atoms with Crippen LogP contribution in [0.3, 0.4) is 0 Å². The van der Waals surface area contributed by atoms with E-state index in [1.807, 2.05) is 37.3 Å². The minimum atomic E-state index is -0.467. The highest BCUT2D eigenvalue weighted by Crippen LogP contribution is 2.38. The summed E-state index contributed by atoms with van der Waals surface area (Å²) < 4.78 is 11.5. The number of urea groups is 1. The molecule has 0 saturated carbocycles. The molecule has 0 atom stereocenters. The summed E-state index contributed by atoms with van der Waals surface area (Å²) in [7, 11) is 1.41. The maximum atomic E-state index is 12.0. The predicted molar refractivity (Wildman–Crippen MR) is 103 cm³/mol. The molecule has 1 saturated heterocycles. The number of hydrogen-bond acceptors (Lipinski definition) is 4. The molecule has 0 unspecified atom stereocenters. The number of carbonyl (C=O) groups is 2. The first-order valence-electron chi connectivity index (χ1n) is 8.43. The van der Waals surface area contributed by atoms with Gasteiger partial charge in [-0.1, -0.05) is 41.9 Å². The zero-order valence-electron chi connectivity index (χ0n) is 15.0. The van der Waals surface area contributed by atoms with Gasteiger partial charge in [-0.25, -0.2) is 4.79 Å². The smallest absolute Gasteiger partial charge is 0.328 e. The molecule has 0 aliphatic carbocycles. The van der Waals surface area contributed by atoms with Crippen LogP contribution in [-0.2, 0) is 11.4 Å². The first-order valence-corrected chi connectivity index (χ1v) is 8.81. The number of halogens is 1. The van der Waals surface area contributed by atoms with Gasteiger partial charge in [0.25, 0.3) is 5.91 Å². The quantitative estimate of drug-likeness (QED) is 0.605. The standard InChI is InChI=1S/C20H19ClN2O4/c1-3-26-17-11-14(10-16-19(24)23(2)20(25)22-16)9-15(21)18(17)27-12-13-7-5-4-6-8-13/h4-11H,3,12H2,1-2H3,(H,22,25)/b16-10+. The van der Waals surface area contributed by atoms with Crippen LogP contribution < -0.4 is 14.8 Å². The van der Waals surface area contributed by atoms with E-state index in [0.717, 1.165) is 10.5 Å². The van der Waals surface area contributed by atoms with E-state index in [9.17, 15) is 9.59 Å². The summed E-state index contributed by atoms with van der Waals surface area (Å²) in [6.45, 7) is 2.63. The van der Waals surface area contributed by atoms with Crippen molar-refractivity contribution in [2.24, 2.45) is 0 Å². The number of benzene rings is 2. The number of rotatable bonds is 6. The average molecular weight is 387 g/mol. The predicted octanol–water partition coefficient (Wildman–Crippen LogP) is 3.84. The number of imide groups is 1. The minimum Gasteiger partial charge on any atom is -0.490 e. The third-order valence-corrected chi connectivity index (χ3v) is 4.23. The largest absolute Gasteiger partial charge is 0.490 e.